The SMILES string of the molecule is Cn1cc(C(=O)N2CC[C@]3(CCCN(CC4CCC4)C3=O)C2)c(=O)[nH]c1=O. The highest BCUT2D eigenvalue weighted by atomic mass is 16.2. The summed E-state index contributed by atoms with van der Waals surface area (Å²) in [5.74, 6) is 0.394. The molecule has 4 rings (SSSR count). The van der Waals surface area contributed by atoms with E-state index in [1.807, 2.05) is 4.90 Å². The number of hydrogen-bond donors (Lipinski definition) is 1. The molecule has 2 amide bonds. The maximum atomic E-state index is 13.2. The van der Waals surface area contributed by atoms with Crippen LogP contribution in [-0.4, -0.2) is 57.3 Å². The first kappa shape index (κ1) is 18.0. The Kier molecular flexibility index (Phi) is 4.44. The smallest absolute Gasteiger partial charge is 0.328 e. The van der Waals surface area contributed by atoms with E-state index in [0.29, 0.717) is 25.4 Å². The molecule has 1 aromatic heterocycles. The molecular weight excluding hydrogens is 348 g/mol. The van der Waals surface area contributed by atoms with Crippen LogP contribution in [0.1, 0.15) is 48.9 Å². The molecule has 2 saturated heterocycles. The van der Waals surface area contributed by atoms with Crippen LogP contribution in [0.25, 0.3) is 0 Å². The van der Waals surface area contributed by atoms with Crippen molar-refractivity contribution < 1.29 is 9.59 Å². The summed E-state index contributed by atoms with van der Waals surface area (Å²) in [6.45, 7) is 2.47. The molecule has 1 spiro atoms. The van der Waals surface area contributed by atoms with Crippen molar-refractivity contribution in [3.05, 3.63) is 32.6 Å². The van der Waals surface area contributed by atoms with Crippen LogP contribution in [0.15, 0.2) is 15.8 Å². The number of hydrogen-bond acceptors (Lipinski definition) is 4. The zero-order valence-corrected chi connectivity index (χ0v) is 15.7. The summed E-state index contributed by atoms with van der Waals surface area (Å²) in [4.78, 5) is 55.3. The van der Waals surface area contributed by atoms with Crippen molar-refractivity contribution in [3.63, 3.8) is 0 Å². The Morgan fingerprint density at radius 1 is 1.19 bits per heavy atom. The van der Waals surface area contributed by atoms with Crippen molar-refractivity contribution >= 4 is 11.8 Å². The number of nitrogens with one attached hydrogen (secondary N) is 1. The molecule has 1 N–H and O–H groups in total. The maximum Gasteiger partial charge on any atom is 0.328 e. The molecule has 1 atom stereocenters. The van der Waals surface area contributed by atoms with E-state index in [1.54, 1.807) is 4.90 Å². The number of amides is 2. The van der Waals surface area contributed by atoms with Gasteiger partial charge in [0, 0.05) is 39.4 Å². The molecule has 3 fully saturated rings. The normalized spacial score (nSPS) is 25.9. The van der Waals surface area contributed by atoms with Crippen LogP contribution in [0, 0.1) is 11.3 Å². The largest absolute Gasteiger partial charge is 0.342 e. The van der Waals surface area contributed by atoms with Crippen LogP contribution in [0.4, 0.5) is 0 Å². The number of aromatic nitrogens is 2. The fourth-order valence-electron chi connectivity index (χ4n) is 4.62. The van der Waals surface area contributed by atoms with Gasteiger partial charge in [0.15, 0.2) is 0 Å². The van der Waals surface area contributed by atoms with Gasteiger partial charge in [0.25, 0.3) is 11.5 Å². The van der Waals surface area contributed by atoms with Gasteiger partial charge in [-0.3, -0.25) is 19.4 Å². The van der Waals surface area contributed by atoms with Crippen molar-refractivity contribution in [2.45, 2.75) is 38.5 Å². The van der Waals surface area contributed by atoms with Gasteiger partial charge in [-0.25, -0.2) is 4.79 Å². The third kappa shape index (κ3) is 3.11. The molecule has 8 heteroatoms. The first-order valence-corrected chi connectivity index (χ1v) is 9.78. The lowest BCUT2D eigenvalue weighted by Gasteiger charge is -2.42. The van der Waals surface area contributed by atoms with Gasteiger partial charge in [0.2, 0.25) is 5.91 Å². The highest BCUT2D eigenvalue weighted by molar-refractivity contribution is 5.95. The van der Waals surface area contributed by atoms with Crippen molar-refractivity contribution in [1.29, 1.82) is 0 Å². The van der Waals surface area contributed by atoms with E-state index in [4.69, 9.17) is 0 Å². The Labute approximate surface area is 157 Å². The summed E-state index contributed by atoms with van der Waals surface area (Å²) >= 11 is 0. The predicted octanol–water partition coefficient (Wildman–Crippen LogP) is 0.328. The average molecular weight is 374 g/mol. The Morgan fingerprint density at radius 2 is 1.96 bits per heavy atom. The van der Waals surface area contributed by atoms with E-state index in [2.05, 4.69) is 4.98 Å². The molecule has 27 heavy (non-hydrogen) atoms. The van der Waals surface area contributed by atoms with Gasteiger partial charge in [-0.2, -0.15) is 0 Å². The minimum Gasteiger partial charge on any atom is -0.342 e. The number of nitrogens with zero attached hydrogens (tertiary/aromatic N) is 3. The van der Waals surface area contributed by atoms with E-state index < -0.39 is 22.6 Å². The van der Waals surface area contributed by atoms with Crippen molar-refractivity contribution in [1.82, 2.24) is 19.4 Å². The molecule has 0 unspecified atom stereocenters. The van der Waals surface area contributed by atoms with Crippen molar-refractivity contribution in [3.8, 4) is 0 Å². The number of likely N-dealkylation sites (tertiary alicyclic amines) is 2. The fourth-order valence-corrected chi connectivity index (χ4v) is 4.62. The number of aromatic amines is 1. The van der Waals surface area contributed by atoms with Crippen LogP contribution in [0.3, 0.4) is 0 Å². The zero-order chi connectivity index (χ0) is 19.2. The summed E-state index contributed by atoms with van der Waals surface area (Å²) in [6.07, 6.45) is 7.34. The second-order valence-corrected chi connectivity index (χ2v) is 8.32. The number of carbonyl (C=O) groups excluding carboxylic acids is 2. The van der Waals surface area contributed by atoms with Crippen LogP contribution in [0.2, 0.25) is 0 Å². The third-order valence-electron chi connectivity index (χ3n) is 6.51. The number of aryl methyl sites for hydroxylation is 1. The Hall–Kier alpha value is -2.38. The van der Waals surface area contributed by atoms with Crippen molar-refractivity contribution in [2.24, 2.45) is 18.4 Å². The van der Waals surface area contributed by atoms with Crippen LogP contribution >= 0.6 is 0 Å². The lowest BCUT2D eigenvalue weighted by Crippen LogP contribution is -2.52. The number of H-pyrrole nitrogens is 1. The standard InChI is InChI=1S/C19H26N4O4/c1-21-11-14(15(24)20-18(21)27)16(25)23-9-7-19(12-23)6-3-8-22(17(19)26)10-13-4-2-5-13/h11,13H,2-10,12H2,1H3,(H,20,24,27)/t19-/m1/s1. The average Bonchev–Trinajstić information content (AvgIpc) is 3.02. The molecule has 146 valence electrons. The van der Waals surface area contributed by atoms with Gasteiger partial charge in [-0.1, -0.05) is 6.42 Å². The van der Waals surface area contributed by atoms with Gasteiger partial charge in [-0.15, -0.1) is 0 Å². The van der Waals surface area contributed by atoms with E-state index in [-0.39, 0.29) is 11.5 Å². The third-order valence-corrected chi connectivity index (χ3v) is 6.51. The van der Waals surface area contributed by atoms with Gasteiger partial charge in [-0.05, 0) is 38.0 Å². The second-order valence-electron chi connectivity index (χ2n) is 8.32. The molecule has 2 aliphatic heterocycles. The van der Waals surface area contributed by atoms with Crippen molar-refractivity contribution in [2.75, 3.05) is 26.2 Å². The molecule has 0 aromatic carbocycles. The van der Waals surface area contributed by atoms with Gasteiger partial charge in [0.05, 0.1) is 5.41 Å². The first-order chi connectivity index (χ1) is 12.9. The summed E-state index contributed by atoms with van der Waals surface area (Å²) in [5.41, 5.74) is -1.79. The molecule has 1 aliphatic carbocycles. The van der Waals surface area contributed by atoms with Gasteiger partial charge < -0.3 is 14.4 Å². The minimum absolute atomic E-state index is 0.0521. The monoisotopic (exact) mass is 374 g/mol. The lowest BCUT2D eigenvalue weighted by molar-refractivity contribution is -0.146. The Balaban J connectivity index is 1.51. The van der Waals surface area contributed by atoms with Gasteiger partial charge >= 0.3 is 5.69 Å². The number of rotatable bonds is 3. The first-order valence-electron chi connectivity index (χ1n) is 9.78. The quantitative estimate of drug-likeness (QED) is 0.825. The maximum absolute atomic E-state index is 13.2. The molecule has 1 aromatic rings. The molecule has 0 bridgehead atoms. The van der Waals surface area contributed by atoms with E-state index in [1.165, 1.54) is 37.1 Å². The second kappa shape index (κ2) is 6.65. The van der Waals surface area contributed by atoms with E-state index >= 15 is 0 Å². The summed E-state index contributed by atoms with van der Waals surface area (Å²) in [7, 11) is 1.49. The highest BCUT2D eigenvalue weighted by Gasteiger charge is 2.50. The van der Waals surface area contributed by atoms with Crippen LogP contribution in [-0.2, 0) is 11.8 Å². The minimum atomic E-state index is -0.675. The summed E-state index contributed by atoms with van der Waals surface area (Å²) in [5, 5.41) is 0. The van der Waals surface area contributed by atoms with Gasteiger partial charge in [0.1, 0.15) is 5.56 Å². The molecule has 0 radical (unpaired) electrons. The Morgan fingerprint density at radius 3 is 2.67 bits per heavy atom. The van der Waals surface area contributed by atoms with E-state index in [9.17, 15) is 19.2 Å². The molecule has 3 aliphatic rings. The summed E-state index contributed by atoms with van der Waals surface area (Å²) < 4.78 is 1.19. The Bertz CT molecular complexity index is 884. The molecule has 8 nitrogen and oxygen atoms in total. The number of piperidine rings is 1. The predicted molar refractivity (Wildman–Crippen MR) is 98.4 cm³/mol. The zero-order valence-electron chi connectivity index (χ0n) is 15.7. The summed E-state index contributed by atoms with van der Waals surface area (Å²) in [6, 6.07) is 0. The van der Waals surface area contributed by atoms with Crippen LogP contribution < -0.4 is 11.2 Å². The highest BCUT2D eigenvalue weighted by Crippen LogP contribution is 2.41. The number of carbonyl (C=O) groups is 2. The topological polar surface area (TPSA) is 95.5 Å². The van der Waals surface area contributed by atoms with Crippen LogP contribution in [0.5, 0.6) is 0 Å². The van der Waals surface area contributed by atoms with E-state index in [0.717, 1.165) is 25.9 Å². The molecule has 3 heterocycles. The molecule has 1 saturated carbocycles. The molecular formula is C19H26N4O4. The fraction of sp³-hybridized carbons (Fsp3) is 0.684. The lowest BCUT2D eigenvalue weighted by atomic mass is 9.77.